The molecule has 0 unspecified atom stereocenters. The third-order valence-electron chi connectivity index (χ3n) is 2.57. The van der Waals surface area contributed by atoms with Crippen LogP contribution in [0.25, 0.3) is 0 Å². The van der Waals surface area contributed by atoms with E-state index in [-0.39, 0.29) is 16.5 Å². The summed E-state index contributed by atoms with van der Waals surface area (Å²) in [6.45, 7) is 0.675. The normalized spacial score (nSPS) is 9.86. The van der Waals surface area contributed by atoms with Crippen molar-refractivity contribution in [3.8, 4) is 11.8 Å². The highest BCUT2D eigenvalue weighted by atomic mass is 35.5. The topological polar surface area (TPSA) is 55.1 Å². The molecule has 0 saturated carbocycles. The lowest BCUT2D eigenvalue weighted by Crippen LogP contribution is -2.22. The van der Waals surface area contributed by atoms with Gasteiger partial charge in [-0.15, -0.1) is 11.3 Å². The Bertz CT molecular complexity index is 718. The summed E-state index contributed by atoms with van der Waals surface area (Å²) >= 11 is 7.32. The Morgan fingerprint density at radius 3 is 2.90 bits per heavy atom. The smallest absolute Gasteiger partial charge is 0.253 e. The first-order valence-electron chi connectivity index (χ1n) is 6.11. The minimum Gasteiger partial charge on any atom is -0.347 e. The zero-order chi connectivity index (χ0) is 15.2. The van der Waals surface area contributed by atoms with Crippen LogP contribution in [0, 0.1) is 17.7 Å². The molecule has 21 heavy (non-hydrogen) atoms. The Hall–Kier alpha value is -1.87. The van der Waals surface area contributed by atoms with E-state index in [9.17, 15) is 9.18 Å². The Labute approximate surface area is 130 Å². The largest absolute Gasteiger partial charge is 0.347 e. The number of nitrogens with two attached hydrogens (primary N) is 1. The molecule has 0 aliphatic rings. The fourth-order valence-corrected chi connectivity index (χ4v) is 2.69. The van der Waals surface area contributed by atoms with Crippen LogP contribution in [0.15, 0.2) is 30.3 Å². The number of thiophene rings is 1. The number of carbonyl (C=O) groups is 1. The molecule has 108 valence electrons. The van der Waals surface area contributed by atoms with E-state index in [0.29, 0.717) is 13.1 Å². The van der Waals surface area contributed by atoms with Crippen LogP contribution in [-0.4, -0.2) is 12.5 Å². The summed E-state index contributed by atoms with van der Waals surface area (Å²) in [5, 5.41) is 2.83. The number of halogens is 2. The maximum atomic E-state index is 12.9. The van der Waals surface area contributed by atoms with Gasteiger partial charge in [0.05, 0.1) is 28.6 Å². The molecule has 1 amide bonds. The van der Waals surface area contributed by atoms with Gasteiger partial charge in [0.1, 0.15) is 5.82 Å². The number of carbonyl (C=O) groups excluding carboxylic acids is 1. The summed E-state index contributed by atoms with van der Waals surface area (Å²) in [5.41, 5.74) is 5.55. The van der Waals surface area contributed by atoms with Gasteiger partial charge in [0.2, 0.25) is 0 Å². The van der Waals surface area contributed by atoms with Crippen molar-refractivity contribution in [3.05, 3.63) is 56.5 Å². The predicted octanol–water partition coefficient (Wildman–Crippen LogP) is 2.78. The van der Waals surface area contributed by atoms with Crippen LogP contribution in [0.2, 0.25) is 5.02 Å². The van der Waals surface area contributed by atoms with Crippen molar-refractivity contribution in [3.63, 3.8) is 0 Å². The van der Waals surface area contributed by atoms with Crippen molar-refractivity contribution in [2.24, 2.45) is 5.73 Å². The van der Waals surface area contributed by atoms with E-state index in [4.69, 9.17) is 17.3 Å². The molecule has 0 atom stereocenters. The lowest BCUT2D eigenvalue weighted by molar-refractivity contribution is 0.0951. The number of hydrogen-bond donors (Lipinski definition) is 2. The van der Waals surface area contributed by atoms with Crippen LogP contribution < -0.4 is 11.1 Å². The van der Waals surface area contributed by atoms with Crippen LogP contribution in [-0.2, 0) is 6.54 Å². The summed E-state index contributed by atoms with van der Waals surface area (Å²) < 4.78 is 12.9. The summed E-state index contributed by atoms with van der Waals surface area (Å²) in [6, 6.07) is 7.44. The molecule has 0 spiro atoms. The average molecular weight is 323 g/mol. The van der Waals surface area contributed by atoms with Crippen LogP contribution in [0.5, 0.6) is 0 Å². The number of benzene rings is 1. The lowest BCUT2D eigenvalue weighted by Gasteiger charge is -2.05. The Kier molecular flexibility index (Phi) is 5.34. The Morgan fingerprint density at radius 1 is 1.38 bits per heavy atom. The van der Waals surface area contributed by atoms with Crippen molar-refractivity contribution in [2.75, 3.05) is 6.54 Å². The third kappa shape index (κ3) is 4.30. The first-order chi connectivity index (χ1) is 10.1. The second-order valence-electron chi connectivity index (χ2n) is 4.08. The first-order valence-corrected chi connectivity index (χ1v) is 7.30. The molecule has 6 heteroatoms. The van der Waals surface area contributed by atoms with E-state index >= 15 is 0 Å². The minimum atomic E-state index is -0.474. The van der Waals surface area contributed by atoms with Crippen molar-refractivity contribution < 1.29 is 9.18 Å². The molecule has 0 radical (unpaired) electrons. The average Bonchev–Trinajstić information content (AvgIpc) is 2.90. The van der Waals surface area contributed by atoms with Crippen LogP contribution in [0.3, 0.4) is 0 Å². The molecule has 0 saturated heterocycles. The zero-order valence-corrected chi connectivity index (χ0v) is 12.5. The van der Waals surface area contributed by atoms with E-state index in [1.165, 1.54) is 23.5 Å². The number of nitrogens with one attached hydrogen (secondary N) is 1. The highest BCUT2D eigenvalue weighted by Gasteiger charge is 2.11. The SMILES string of the molecule is NCC#Cc1ccc(CNC(=O)c2ccc(F)cc2Cl)s1. The molecule has 1 heterocycles. The lowest BCUT2D eigenvalue weighted by atomic mass is 10.2. The molecule has 0 aliphatic carbocycles. The van der Waals surface area contributed by atoms with Crippen molar-refractivity contribution in [1.82, 2.24) is 5.32 Å². The van der Waals surface area contributed by atoms with Gasteiger partial charge in [0.25, 0.3) is 5.91 Å². The molecule has 3 nitrogen and oxygen atoms in total. The van der Waals surface area contributed by atoms with Gasteiger partial charge in [-0.2, -0.15) is 0 Å². The first kappa shape index (κ1) is 15.5. The monoisotopic (exact) mass is 322 g/mol. The molecule has 2 aromatic rings. The molecule has 3 N–H and O–H groups in total. The summed E-state index contributed by atoms with van der Waals surface area (Å²) in [4.78, 5) is 13.8. The summed E-state index contributed by atoms with van der Waals surface area (Å²) in [6.07, 6.45) is 0. The highest BCUT2D eigenvalue weighted by Crippen LogP contribution is 2.18. The van der Waals surface area contributed by atoms with Gasteiger partial charge >= 0.3 is 0 Å². The van der Waals surface area contributed by atoms with E-state index in [1.807, 2.05) is 12.1 Å². The fourth-order valence-electron chi connectivity index (χ4n) is 1.61. The molecule has 1 aromatic heterocycles. The van der Waals surface area contributed by atoms with Crippen LogP contribution in [0.4, 0.5) is 4.39 Å². The zero-order valence-electron chi connectivity index (χ0n) is 11.0. The summed E-state index contributed by atoms with van der Waals surface area (Å²) in [7, 11) is 0. The minimum absolute atomic E-state index is 0.0909. The number of amides is 1. The van der Waals surface area contributed by atoms with E-state index in [2.05, 4.69) is 17.2 Å². The highest BCUT2D eigenvalue weighted by molar-refractivity contribution is 7.12. The molecule has 2 rings (SSSR count). The van der Waals surface area contributed by atoms with Gasteiger partial charge in [-0.1, -0.05) is 23.4 Å². The number of rotatable bonds is 3. The molecular weight excluding hydrogens is 311 g/mol. The van der Waals surface area contributed by atoms with Crippen LogP contribution >= 0.6 is 22.9 Å². The summed E-state index contributed by atoms with van der Waals surface area (Å²) in [5.74, 6) is 4.88. The molecule has 1 aromatic carbocycles. The Morgan fingerprint density at radius 2 is 2.19 bits per heavy atom. The van der Waals surface area contributed by atoms with Crippen molar-refractivity contribution in [2.45, 2.75) is 6.54 Å². The molecule has 0 bridgehead atoms. The van der Waals surface area contributed by atoms with Gasteiger partial charge in [0, 0.05) is 4.88 Å². The van der Waals surface area contributed by atoms with E-state index in [0.717, 1.165) is 15.8 Å². The van der Waals surface area contributed by atoms with Gasteiger partial charge in [-0.3, -0.25) is 4.79 Å². The van der Waals surface area contributed by atoms with Gasteiger partial charge in [-0.05, 0) is 30.3 Å². The van der Waals surface area contributed by atoms with E-state index < -0.39 is 5.82 Å². The third-order valence-corrected chi connectivity index (χ3v) is 3.89. The van der Waals surface area contributed by atoms with Gasteiger partial charge in [0.15, 0.2) is 0 Å². The van der Waals surface area contributed by atoms with Gasteiger partial charge in [-0.25, -0.2) is 4.39 Å². The molecule has 0 aliphatic heterocycles. The van der Waals surface area contributed by atoms with Gasteiger partial charge < -0.3 is 11.1 Å². The molecular formula is C15H12ClFN2OS. The quantitative estimate of drug-likeness (QED) is 0.854. The second-order valence-corrected chi connectivity index (χ2v) is 5.65. The second kappa shape index (κ2) is 7.23. The fraction of sp³-hybridized carbons (Fsp3) is 0.133. The maximum absolute atomic E-state index is 12.9. The predicted molar refractivity (Wildman–Crippen MR) is 82.8 cm³/mol. The van der Waals surface area contributed by atoms with Crippen LogP contribution in [0.1, 0.15) is 20.1 Å². The van der Waals surface area contributed by atoms with Crippen molar-refractivity contribution in [1.29, 1.82) is 0 Å². The van der Waals surface area contributed by atoms with E-state index in [1.54, 1.807) is 0 Å². The maximum Gasteiger partial charge on any atom is 0.253 e. The number of hydrogen-bond acceptors (Lipinski definition) is 3. The Balaban J connectivity index is 1.99. The van der Waals surface area contributed by atoms with Crippen molar-refractivity contribution >= 4 is 28.8 Å². The molecule has 0 fully saturated rings. The standard InChI is InChI=1S/C15H12ClFN2OS/c16-14-8-10(17)3-6-13(14)15(20)19-9-12-5-4-11(21-12)2-1-7-18/h3-6,8H,7,9,18H2,(H,19,20).